The van der Waals surface area contributed by atoms with E-state index in [2.05, 4.69) is 45.3 Å². The van der Waals surface area contributed by atoms with Crippen molar-refractivity contribution in [2.45, 2.75) is 51.9 Å². The molecule has 0 bridgehead atoms. The Balaban J connectivity index is 1.20. The third-order valence-electron chi connectivity index (χ3n) is 6.92. The monoisotopic (exact) mass is 484 g/mol. The number of amides is 1. The Hall–Kier alpha value is -3.03. The molecule has 0 radical (unpaired) electrons. The first-order chi connectivity index (χ1) is 17.0. The Labute approximate surface area is 205 Å². The number of nitrogens with zero attached hydrogens (tertiary/aromatic N) is 3. The maximum atomic E-state index is 12.3. The first kappa shape index (κ1) is 25.1. The van der Waals surface area contributed by atoms with E-state index in [-0.39, 0.29) is 11.8 Å². The first-order valence-corrected chi connectivity index (χ1v) is 12.6. The average Bonchev–Trinajstić information content (AvgIpc) is 2.91. The summed E-state index contributed by atoms with van der Waals surface area (Å²) in [6, 6.07) is 8.10. The Morgan fingerprint density at radius 1 is 1.14 bits per heavy atom. The second-order valence-electron chi connectivity index (χ2n) is 9.35. The van der Waals surface area contributed by atoms with Crippen LogP contribution < -0.4 is 15.0 Å². The number of aromatic nitrogens is 2. The van der Waals surface area contributed by atoms with Crippen LogP contribution in [0.5, 0.6) is 5.75 Å². The van der Waals surface area contributed by atoms with Crippen LogP contribution in [0.2, 0.25) is 0 Å². The van der Waals surface area contributed by atoms with Gasteiger partial charge < -0.3 is 15.0 Å². The van der Waals surface area contributed by atoms with Crippen molar-refractivity contribution >= 4 is 17.4 Å². The van der Waals surface area contributed by atoms with Crippen molar-refractivity contribution in [2.75, 3.05) is 31.1 Å². The molecule has 1 aromatic carbocycles. The number of hydrogen-bond donors (Lipinski definition) is 1. The smallest absolute Gasteiger partial charge is 0.255 e. The number of aryl methyl sites for hydroxylation is 1. The molecule has 0 saturated carbocycles. The number of rotatable bonds is 9. The second-order valence-corrected chi connectivity index (χ2v) is 9.35. The average molecular weight is 485 g/mol. The highest BCUT2D eigenvalue weighted by Gasteiger charge is 2.23. The quantitative estimate of drug-likeness (QED) is 0.548. The van der Waals surface area contributed by atoms with Crippen molar-refractivity contribution < 1.29 is 18.3 Å². The van der Waals surface area contributed by atoms with Crippen LogP contribution in [-0.2, 0) is 11.2 Å². The van der Waals surface area contributed by atoms with Gasteiger partial charge in [0.05, 0.1) is 13.2 Å². The number of alkyl halides is 2. The van der Waals surface area contributed by atoms with Crippen molar-refractivity contribution in [3.8, 4) is 5.75 Å². The van der Waals surface area contributed by atoms with Crippen molar-refractivity contribution in [2.24, 2.45) is 11.8 Å². The lowest BCUT2D eigenvalue weighted by molar-refractivity contribution is -0.125. The fraction of sp³-hybridized carbons (Fsp3) is 0.519. The number of carbonyl (C=O) groups excluding carboxylic acids is 1. The van der Waals surface area contributed by atoms with Crippen molar-refractivity contribution in [3.05, 3.63) is 53.9 Å². The highest BCUT2D eigenvalue weighted by molar-refractivity contribution is 5.80. The third kappa shape index (κ3) is 6.99. The van der Waals surface area contributed by atoms with E-state index in [1.54, 1.807) is 0 Å². The van der Waals surface area contributed by atoms with Gasteiger partial charge in [-0.15, -0.1) is 0 Å². The van der Waals surface area contributed by atoms with Crippen LogP contribution in [0, 0.1) is 11.8 Å². The van der Waals surface area contributed by atoms with E-state index >= 15 is 0 Å². The molecule has 1 fully saturated rings. The summed E-state index contributed by atoms with van der Waals surface area (Å²) in [5, 5.41) is 2.33. The number of halogens is 2. The second kappa shape index (κ2) is 12.1. The summed E-state index contributed by atoms with van der Waals surface area (Å²) < 4.78 is 30.7. The molecule has 0 spiro atoms. The zero-order chi connectivity index (χ0) is 24.6. The summed E-state index contributed by atoms with van der Waals surface area (Å²) in [6.45, 7) is 4.10. The lowest BCUT2D eigenvalue weighted by Crippen LogP contribution is -2.36. The van der Waals surface area contributed by atoms with E-state index in [1.165, 1.54) is 5.57 Å². The summed E-state index contributed by atoms with van der Waals surface area (Å²) in [4.78, 5) is 23.2. The molecule has 2 aliphatic rings. The van der Waals surface area contributed by atoms with Crippen LogP contribution in [0.3, 0.4) is 0 Å². The van der Waals surface area contributed by atoms with Crippen LogP contribution in [0.4, 0.5) is 14.7 Å². The molecule has 2 heterocycles. The zero-order valence-electron chi connectivity index (χ0n) is 20.3. The molecule has 1 amide bonds. The zero-order valence-corrected chi connectivity index (χ0v) is 20.3. The SMILES string of the molecule is CCc1cnc(N2CCC(COc3ccc(C4=CCC(C(=O)NCC(F)F)CC4)cc3)CC2)nc1. The fourth-order valence-electron chi connectivity index (χ4n) is 4.63. The molecular weight excluding hydrogens is 450 g/mol. The normalized spacial score (nSPS) is 18.9. The summed E-state index contributed by atoms with van der Waals surface area (Å²) >= 11 is 0. The molecule has 1 unspecified atom stereocenters. The van der Waals surface area contributed by atoms with E-state index in [0.29, 0.717) is 25.4 Å². The molecule has 1 aromatic heterocycles. The van der Waals surface area contributed by atoms with Crippen LogP contribution >= 0.6 is 0 Å². The van der Waals surface area contributed by atoms with Gasteiger partial charge in [-0.1, -0.05) is 25.1 Å². The van der Waals surface area contributed by atoms with E-state index in [0.717, 1.165) is 61.6 Å². The summed E-state index contributed by atoms with van der Waals surface area (Å²) in [6.07, 6.45) is 8.43. The lowest BCUT2D eigenvalue weighted by Gasteiger charge is -2.31. The Morgan fingerprint density at radius 3 is 2.46 bits per heavy atom. The van der Waals surface area contributed by atoms with Gasteiger partial charge in [0.1, 0.15) is 5.75 Å². The predicted octanol–water partition coefficient (Wildman–Crippen LogP) is 4.90. The lowest BCUT2D eigenvalue weighted by atomic mass is 9.86. The van der Waals surface area contributed by atoms with Gasteiger partial charge in [0.25, 0.3) is 6.43 Å². The number of nitrogens with one attached hydrogen (secondary N) is 1. The van der Waals surface area contributed by atoms with Crippen molar-refractivity contribution in [1.29, 1.82) is 0 Å². The van der Waals surface area contributed by atoms with Crippen LogP contribution in [0.25, 0.3) is 5.57 Å². The topological polar surface area (TPSA) is 67.4 Å². The molecule has 188 valence electrons. The minimum absolute atomic E-state index is 0.228. The predicted molar refractivity (Wildman–Crippen MR) is 133 cm³/mol. The Bertz CT molecular complexity index is 987. The number of ether oxygens (including phenoxy) is 1. The Morgan fingerprint density at radius 2 is 1.86 bits per heavy atom. The summed E-state index contributed by atoms with van der Waals surface area (Å²) in [7, 11) is 0. The van der Waals surface area contributed by atoms with Gasteiger partial charge >= 0.3 is 0 Å². The molecule has 1 N–H and O–H groups in total. The van der Waals surface area contributed by atoms with Gasteiger partial charge in [0, 0.05) is 31.4 Å². The molecule has 1 aliphatic heterocycles. The van der Waals surface area contributed by atoms with Gasteiger partial charge in [-0.05, 0) is 73.3 Å². The van der Waals surface area contributed by atoms with E-state index in [4.69, 9.17) is 4.74 Å². The molecule has 6 nitrogen and oxygen atoms in total. The van der Waals surface area contributed by atoms with Gasteiger partial charge in [-0.25, -0.2) is 18.7 Å². The van der Waals surface area contributed by atoms with Gasteiger partial charge in [0.2, 0.25) is 11.9 Å². The maximum Gasteiger partial charge on any atom is 0.255 e. The van der Waals surface area contributed by atoms with E-state index in [9.17, 15) is 13.6 Å². The molecule has 4 rings (SSSR count). The number of anilines is 1. The molecular formula is C27H34F2N4O2. The largest absolute Gasteiger partial charge is 0.493 e. The van der Waals surface area contributed by atoms with Gasteiger partial charge in [-0.3, -0.25) is 4.79 Å². The number of allylic oxidation sites excluding steroid dienone is 2. The maximum absolute atomic E-state index is 12.3. The molecule has 35 heavy (non-hydrogen) atoms. The minimum atomic E-state index is -2.51. The number of carbonyl (C=O) groups is 1. The van der Waals surface area contributed by atoms with E-state index in [1.807, 2.05) is 24.5 Å². The molecule has 1 saturated heterocycles. The minimum Gasteiger partial charge on any atom is -0.493 e. The highest BCUT2D eigenvalue weighted by atomic mass is 19.3. The summed E-state index contributed by atoms with van der Waals surface area (Å²) in [5.41, 5.74) is 3.46. The van der Waals surface area contributed by atoms with Crippen molar-refractivity contribution in [3.63, 3.8) is 0 Å². The molecule has 1 atom stereocenters. The number of hydrogen-bond acceptors (Lipinski definition) is 5. The van der Waals surface area contributed by atoms with Crippen LogP contribution in [0.15, 0.2) is 42.7 Å². The fourth-order valence-corrected chi connectivity index (χ4v) is 4.63. The standard InChI is InChI=1S/C27H34F2N4O2/c1-2-19-15-31-27(32-16-19)33-13-11-20(12-14-33)18-35-24-9-7-22(8-10-24)21-3-5-23(6-4-21)26(34)30-17-25(28)29/h3,7-10,15-16,20,23,25H,2,4-6,11-14,17-18H2,1H3,(H,30,34). The number of piperidine rings is 1. The Kier molecular flexibility index (Phi) is 8.66. The molecule has 8 heteroatoms. The van der Waals surface area contributed by atoms with Crippen LogP contribution in [0.1, 0.15) is 50.2 Å². The third-order valence-corrected chi connectivity index (χ3v) is 6.92. The van der Waals surface area contributed by atoms with Crippen molar-refractivity contribution in [1.82, 2.24) is 15.3 Å². The highest BCUT2D eigenvalue weighted by Crippen LogP contribution is 2.31. The summed E-state index contributed by atoms with van der Waals surface area (Å²) in [5.74, 6) is 1.67. The number of benzene rings is 1. The van der Waals surface area contributed by atoms with E-state index < -0.39 is 13.0 Å². The van der Waals surface area contributed by atoms with Gasteiger partial charge in [-0.2, -0.15) is 0 Å². The molecule has 2 aromatic rings. The first-order valence-electron chi connectivity index (χ1n) is 12.6. The van der Waals surface area contributed by atoms with Crippen LogP contribution in [-0.4, -0.2) is 48.5 Å². The molecule has 1 aliphatic carbocycles. The van der Waals surface area contributed by atoms with Gasteiger partial charge in [0.15, 0.2) is 0 Å².